The molecule has 1 fully saturated rings. The molecule has 4 heteroatoms. The summed E-state index contributed by atoms with van der Waals surface area (Å²) in [4.78, 5) is 7.04. The molecule has 1 aliphatic rings. The topological polar surface area (TPSA) is 47.1 Å². The first-order chi connectivity index (χ1) is 10.5. The Labute approximate surface area is 133 Å². The van der Waals surface area contributed by atoms with Crippen LogP contribution in [0.25, 0.3) is 0 Å². The average molecular weight is 298 g/mol. The number of imidazole rings is 1. The molecule has 22 heavy (non-hydrogen) atoms. The molecule has 0 spiro atoms. The van der Waals surface area contributed by atoms with E-state index in [0.29, 0.717) is 6.04 Å². The number of hydrogen-bond donors (Lipinski definition) is 1. The van der Waals surface area contributed by atoms with Gasteiger partial charge in [-0.1, -0.05) is 44.2 Å². The van der Waals surface area contributed by atoms with Crippen molar-refractivity contribution >= 4 is 0 Å². The van der Waals surface area contributed by atoms with Crippen molar-refractivity contribution in [2.45, 2.75) is 39.4 Å². The summed E-state index contributed by atoms with van der Waals surface area (Å²) >= 11 is 0. The lowest BCUT2D eigenvalue weighted by Crippen LogP contribution is -2.52. The molecular formula is C18H26N4. The Hall–Kier alpha value is -1.65. The van der Waals surface area contributed by atoms with E-state index in [0.717, 1.165) is 38.4 Å². The van der Waals surface area contributed by atoms with Gasteiger partial charge in [0.1, 0.15) is 5.82 Å². The summed E-state index contributed by atoms with van der Waals surface area (Å²) in [7, 11) is 0. The van der Waals surface area contributed by atoms with Crippen LogP contribution in [0.3, 0.4) is 0 Å². The number of nitrogens with two attached hydrogens (primary N) is 1. The van der Waals surface area contributed by atoms with Gasteiger partial charge in [0.25, 0.3) is 0 Å². The Morgan fingerprint density at radius 2 is 2.00 bits per heavy atom. The van der Waals surface area contributed by atoms with E-state index < -0.39 is 0 Å². The van der Waals surface area contributed by atoms with Crippen molar-refractivity contribution in [1.82, 2.24) is 14.5 Å². The number of piperidine rings is 1. The summed E-state index contributed by atoms with van der Waals surface area (Å²) in [6.45, 7) is 8.40. The van der Waals surface area contributed by atoms with Gasteiger partial charge >= 0.3 is 0 Å². The van der Waals surface area contributed by atoms with Gasteiger partial charge in [0, 0.05) is 38.1 Å². The summed E-state index contributed by atoms with van der Waals surface area (Å²) in [5, 5.41) is 0. The second-order valence-electron chi connectivity index (χ2n) is 7.05. The molecule has 1 aromatic heterocycles. The van der Waals surface area contributed by atoms with Gasteiger partial charge < -0.3 is 10.3 Å². The quantitative estimate of drug-likeness (QED) is 0.943. The Kier molecular flexibility index (Phi) is 4.32. The standard InChI is InChI=1S/C18H26N4/c1-18(2)14-21(10-8-16(18)19)13-17-20-9-11-22(17)12-15-6-4-3-5-7-15/h3-7,9,11,16H,8,10,12-14,19H2,1-2H3. The maximum atomic E-state index is 6.23. The van der Waals surface area contributed by atoms with Gasteiger partial charge in [-0.2, -0.15) is 0 Å². The summed E-state index contributed by atoms with van der Waals surface area (Å²) in [5.41, 5.74) is 7.72. The highest BCUT2D eigenvalue weighted by atomic mass is 15.2. The number of nitrogens with zero attached hydrogens (tertiary/aromatic N) is 3. The summed E-state index contributed by atoms with van der Waals surface area (Å²) in [6, 6.07) is 10.8. The largest absolute Gasteiger partial charge is 0.329 e. The third-order valence-electron chi connectivity index (χ3n) is 4.75. The summed E-state index contributed by atoms with van der Waals surface area (Å²) in [6.07, 6.45) is 5.04. The summed E-state index contributed by atoms with van der Waals surface area (Å²) < 4.78 is 2.25. The lowest BCUT2D eigenvalue weighted by molar-refractivity contribution is 0.0870. The first-order valence-electron chi connectivity index (χ1n) is 8.06. The van der Waals surface area contributed by atoms with Crippen LogP contribution in [0.5, 0.6) is 0 Å². The Morgan fingerprint density at radius 1 is 1.23 bits per heavy atom. The second-order valence-corrected chi connectivity index (χ2v) is 7.05. The van der Waals surface area contributed by atoms with Crippen molar-refractivity contribution in [1.29, 1.82) is 0 Å². The average Bonchev–Trinajstić information content (AvgIpc) is 2.91. The lowest BCUT2D eigenvalue weighted by atomic mass is 9.80. The molecule has 2 N–H and O–H groups in total. The van der Waals surface area contributed by atoms with Gasteiger partial charge in [-0.3, -0.25) is 4.90 Å². The van der Waals surface area contributed by atoms with Gasteiger partial charge in [-0.15, -0.1) is 0 Å². The predicted octanol–water partition coefficient (Wildman–Crippen LogP) is 2.49. The number of likely N-dealkylation sites (tertiary alicyclic amines) is 1. The van der Waals surface area contributed by atoms with Crippen LogP contribution < -0.4 is 5.73 Å². The van der Waals surface area contributed by atoms with Crippen LogP contribution in [-0.4, -0.2) is 33.6 Å². The normalized spacial score (nSPS) is 21.9. The van der Waals surface area contributed by atoms with E-state index in [1.165, 1.54) is 5.56 Å². The van der Waals surface area contributed by atoms with Gasteiger partial charge in [0.15, 0.2) is 0 Å². The zero-order valence-corrected chi connectivity index (χ0v) is 13.6. The molecular weight excluding hydrogens is 272 g/mol. The van der Waals surface area contributed by atoms with Crippen molar-refractivity contribution in [2.75, 3.05) is 13.1 Å². The molecule has 2 heterocycles. The molecule has 2 aromatic rings. The van der Waals surface area contributed by atoms with Gasteiger partial charge in [0.05, 0.1) is 6.54 Å². The Balaban J connectivity index is 1.68. The monoisotopic (exact) mass is 298 g/mol. The molecule has 1 unspecified atom stereocenters. The van der Waals surface area contributed by atoms with Crippen LogP contribution in [-0.2, 0) is 13.1 Å². The number of aromatic nitrogens is 2. The fourth-order valence-electron chi connectivity index (χ4n) is 3.24. The van der Waals surface area contributed by atoms with E-state index in [1.807, 2.05) is 6.20 Å². The summed E-state index contributed by atoms with van der Waals surface area (Å²) in [5.74, 6) is 1.13. The number of hydrogen-bond acceptors (Lipinski definition) is 3. The van der Waals surface area contributed by atoms with E-state index >= 15 is 0 Å². The zero-order valence-electron chi connectivity index (χ0n) is 13.6. The van der Waals surface area contributed by atoms with E-state index in [1.54, 1.807) is 0 Å². The predicted molar refractivity (Wildman–Crippen MR) is 89.4 cm³/mol. The minimum atomic E-state index is 0.176. The van der Waals surface area contributed by atoms with Gasteiger partial charge in [-0.05, 0) is 17.4 Å². The van der Waals surface area contributed by atoms with Crippen LogP contribution in [0.1, 0.15) is 31.7 Å². The van der Waals surface area contributed by atoms with Gasteiger partial charge in [-0.25, -0.2) is 4.98 Å². The molecule has 1 aliphatic heterocycles. The van der Waals surface area contributed by atoms with E-state index in [9.17, 15) is 0 Å². The van der Waals surface area contributed by atoms with Crippen molar-refractivity contribution in [2.24, 2.45) is 11.1 Å². The fourth-order valence-corrected chi connectivity index (χ4v) is 3.24. The molecule has 1 saturated heterocycles. The van der Waals surface area contributed by atoms with Crippen LogP contribution in [0.2, 0.25) is 0 Å². The minimum Gasteiger partial charge on any atom is -0.329 e. The molecule has 0 radical (unpaired) electrons. The maximum Gasteiger partial charge on any atom is 0.123 e. The first kappa shape index (κ1) is 15.3. The molecule has 4 nitrogen and oxygen atoms in total. The second kappa shape index (κ2) is 6.23. The Bertz CT molecular complexity index is 603. The van der Waals surface area contributed by atoms with Crippen LogP contribution >= 0.6 is 0 Å². The van der Waals surface area contributed by atoms with Crippen LogP contribution in [0, 0.1) is 5.41 Å². The molecule has 118 valence electrons. The van der Waals surface area contributed by atoms with E-state index in [4.69, 9.17) is 5.73 Å². The van der Waals surface area contributed by atoms with Crippen molar-refractivity contribution in [3.8, 4) is 0 Å². The first-order valence-corrected chi connectivity index (χ1v) is 8.06. The third kappa shape index (κ3) is 3.39. The zero-order chi connectivity index (χ0) is 15.6. The SMILES string of the molecule is CC1(C)CN(Cc2nccn2Cc2ccccc2)CCC1N. The highest BCUT2D eigenvalue weighted by Gasteiger charge is 2.33. The molecule has 1 atom stereocenters. The van der Waals surface area contributed by atoms with Crippen molar-refractivity contribution < 1.29 is 0 Å². The highest BCUT2D eigenvalue weighted by molar-refractivity contribution is 5.15. The smallest absolute Gasteiger partial charge is 0.123 e. The molecule has 1 aromatic carbocycles. The minimum absolute atomic E-state index is 0.176. The molecule has 0 aliphatic carbocycles. The Morgan fingerprint density at radius 3 is 2.73 bits per heavy atom. The van der Waals surface area contributed by atoms with Crippen LogP contribution in [0.4, 0.5) is 0 Å². The van der Waals surface area contributed by atoms with Gasteiger partial charge in [0.2, 0.25) is 0 Å². The van der Waals surface area contributed by atoms with Crippen LogP contribution in [0.15, 0.2) is 42.7 Å². The van der Waals surface area contributed by atoms with Crippen molar-refractivity contribution in [3.05, 3.63) is 54.1 Å². The highest BCUT2D eigenvalue weighted by Crippen LogP contribution is 2.28. The number of rotatable bonds is 4. The van der Waals surface area contributed by atoms with E-state index in [2.05, 4.69) is 64.8 Å². The fraction of sp³-hybridized carbons (Fsp3) is 0.500. The van der Waals surface area contributed by atoms with E-state index in [-0.39, 0.29) is 5.41 Å². The molecule has 0 bridgehead atoms. The molecule has 3 rings (SSSR count). The maximum absolute atomic E-state index is 6.23. The lowest BCUT2D eigenvalue weighted by Gasteiger charge is -2.42. The molecule has 0 saturated carbocycles. The molecule has 0 amide bonds. The third-order valence-corrected chi connectivity index (χ3v) is 4.75. The van der Waals surface area contributed by atoms with Crippen molar-refractivity contribution in [3.63, 3.8) is 0 Å². The number of benzene rings is 1.